The van der Waals surface area contributed by atoms with Crippen molar-refractivity contribution in [3.63, 3.8) is 0 Å². The van der Waals surface area contributed by atoms with Crippen molar-refractivity contribution in [1.29, 1.82) is 0 Å². The lowest BCUT2D eigenvalue weighted by molar-refractivity contribution is -0.232. The molecule has 0 amide bonds. The molecule has 1 unspecified atom stereocenters. The van der Waals surface area contributed by atoms with Crippen molar-refractivity contribution < 1.29 is 33.2 Å². The molecule has 3 fully saturated rings. The van der Waals surface area contributed by atoms with Crippen LogP contribution in [-0.4, -0.2) is 54.9 Å². The van der Waals surface area contributed by atoms with Gasteiger partial charge in [-0.3, -0.25) is 0 Å². The summed E-state index contributed by atoms with van der Waals surface area (Å²) in [6.45, 7) is 7.63. The molecule has 3 heterocycles. The third kappa shape index (κ3) is 3.37. The number of carbonyl (C=O) groups excluding carboxylic acids is 1. The van der Waals surface area contributed by atoms with Crippen LogP contribution in [-0.2, 0) is 28.4 Å². The maximum atomic E-state index is 12.6. The number of hydrogen-bond donors (Lipinski definition) is 0. The van der Waals surface area contributed by atoms with Crippen LogP contribution in [0.4, 0.5) is 0 Å². The molecule has 1 aromatic carbocycles. The Labute approximate surface area is 152 Å². The van der Waals surface area contributed by atoms with E-state index in [1.54, 1.807) is 38.1 Å². The first kappa shape index (κ1) is 17.9. The van der Waals surface area contributed by atoms with Crippen molar-refractivity contribution in [2.45, 2.75) is 70.0 Å². The Morgan fingerprint density at radius 1 is 1.00 bits per heavy atom. The van der Waals surface area contributed by atoms with Gasteiger partial charge in [-0.1, -0.05) is 18.2 Å². The lowest BCUT2D eigenvalue weighted by Crippen LogP contribution is -2.45. The van der Waals surface area contributed by atoms with Gasteiger partial charge in [0.05, 0.1) is 12.2 Å². The fourth-order valence-electron chi connectivity index (χ4n) is 3.58. The molecule has 0 aromatic heterocycles. The summed E-state index contributed by atoms with van der Waals surface area (Å²) in [6.07, 6.45) is -2.70. The molecule has 3 aliphatic rings. The van der Waals surface area contributed by atoms with Crippen LogP contribution in [0.15, 0.2) is 30.3 Å². The molecule has 1 aromatic rings. The van der Waals surface area contributed by atoms with Crippen molar-refractivity contribution in [3.8, 4) is 0 Å². The second-order valence-electron chi connectivity index (χ2n) is 7.67. The van der Waals surface area contributed by atoms with E-state index in [1.165, 1.54) is 0 Å². The number of carbonyl (C=O) groups is 1. The highest BCUT2D eigenvalue weighted by Gasteiger charge is 2.60. The molecule has 0 bridgehead atoms. The highest BCUT2D eigenvalue weighted by atomic mass is 16.8. The van der Waals surface area contributed by atoms with E-state index in [1.807, 2.05) is 19.9 Å². The summed E-state index contributed by atoms with van der Waals surface area (Å²) in [7, 11) is 0. The Bertz CT molecular complexity index is 672. The van der Waals surface area contributed by atoms with Crippen LogP contribution < -0.4 is 0 Å². The van der Waals surface area contributed by atoms with Crippen LogP contribution in [0.2, 0.25) is 0 Å². The first-order valence-corrected chi connectivity index (χ1v) is 8.83. The Kier molecular flexibility index (Phi) is 4.32. The minimum atomic E-state index is -0.802. The van der Waals surface area contributed by atoms with Crippen molar-refractivity contribution in [2.75, 3.05) is 6.61 Å². The molecule has 0 radical (unpaired) electrons. The van der Waals surface area contributed by atoms with Crippen LogP contribution in [0.25, 0.3) is 0 Å². The predicted octanol–water partition coefficient (Wildman–Crippen LogP) is 2.24. The van der Waals surface area contributed by atoms with Gasteiger partial charge in [0.25, 0.3) is 0 Å². The minimum Gasteiger partial charge on any atom is -0.453 e. The molecule has 0 aliphatic carbocycles. The van der Waals surface area contributed by atoms with Crippen LogP contribution in [0.5, 0.6) is 0 Å². The van der Waals surface area contributed by atoms with Crippen LogP contribution in [0.3, 0.4) is 0 Å². The van der Waals surface area contributed by atoms with Gasteiger partial charge >= 0.3 is 5.97 Å². The van der Waals surface area contributed by atoms with Crippen molar-refractivity contribution in [1.82, 2.24) is 0 Å². The highest BCUT2D eigenvalue weighted by molar-refractivity contribution is 5.89. The standard InChI is InChI=1S/C19H24O7/c1-18(2)21-10-12(24-18)13-14(15-17(23-13)26-19(3,4)25-15)22-16(20)11-8-6-5-7-9-11/h5-9,12-15,17H,10H2,1-4H3/t12?,13-,14+,15-,17-/m1/s1. The third-order valence-corrected chi connectivity index (χ3v) is 4.68. The summed E-state index contributed by atoms with van der Waals surface area (Å²) in [5.74, 6) is -1.94. The summed E-state index contributed by atoms with van der Waals surface area (Å²) in [4.78, 5) is 12.6. The van der Waals surface area contributed by atoms with Gasteiger partial charge in [-0.2, -0.15) is 0 Å². The first-order chi connectivity index (χ1) is 12.2. The van der Waals surface area contributed by atoms with Crippen molar-refractivity contribution in [3.05, 3.63) is 35.9 Å². The molecule has 4 rings (SSSR count). The molecule has 3 aliphatic heterocycles. The number of hydrogen-bond acceptors (Lipinski definition) is 7. The van der Waals surface area contributed by atoms with Crippen LogP contribution >= 0.6 is 0 Å². The highest BCUT2D eigenvalue weighted by Crippen LogP contribution is 2.42. The molecular weight excluding hydrogens is 340 g/mol. The molecule has 3 saturated heterocycles. The number of fused-ring (bicyclic) bond motifs is 1. The zero-order chi connectivity index (χ0) is 18.5. The minimum absolute atomic E-state index is 0.347. The third-order valence-electron chi connectivity index (χ3n) is 4.68. The molecule has 7 heteroatoms. The average Bonchev–Trinajstić information content (AvgIpc) is 3.18. The number of ether oxygens (including phenoxy) is 6. The molecule has 5 atom stereocenters. The summed E-state index contributed by atoms with van der Waals surface area (Å²) in [5.41, 5.74) is 0.469. The lowest BCUT2D eigenvalue weighted by Gasteiger charge is -2.28. The summed E-state index contributed by atoms with van der Waals surface area (Å²) >= 11 is 0. The second kappa shape index (κ2) is 6.28. The van der Waals surface area contributed by atoms with Gasteiger partial charge in [-0.25, -0.2) is 4.79 Å². The van der Waals surface area contributed by atoms with Crippen molar-refractivity contribution in [2.24, 2.45) is 0 Å². The van der Waals surface area contributed by atoms with Gasteiger partial charge in [-0.15, -0.1) is 0 Å². The smallest absolute Gasteiger partial charge is 0.338 e. The van der Waals surface area contributed by atoms with E-state index in [2.05, 4.69) is 0 Å². The van der Waals surface area contributed by atoms with Gasteiger partial charge in [0.2, 0.25) is 0 Å². The first-order valence-electron chi connectivity index (χ1n) is 8.83. The number of rotatable bonds is 3. The fraction of sp³-hybridized carbons (Fsp3) is 0.632. The van der Waals surface area contributed by atoms with Gasteiger partial charge < -0.3 is 28.4 Å². The van der Waals surface area contributed by atoms with E-state index < -0.39 is 42.1 Å². The van der Waals surface area contributed by atoms with E-state index in [-0.39, 0.29) is 6.10 Å². The average molecular weight is 364 g/mol. The van der Waals surface area contributed by atoms with E-state index in [0.29, 0.717) is 12.2 Å². The maximum Gasteiger partial charge on any atom is 0.338 e. The van der Waals surface area contributed by atoms with Crippen LogP contribution in [0.1, 0.15) is 38.1 Å². The molecule has 0 saturated carbocycles. The van der Waals surface area contributed by atoms with Crippen molar-refractivity contribution >= 4 is 5.97 Å². The topological polar surface area (TPSA) is 72.5 Å². The Morgan fingerprint density at radius 3 is 2.38 bits per heavy atom. The van der Waals surface area contributed by atoms with Gasteiger partial charge in [0.1, 0.15) is 12.2 Å². The quantitative estimate of drug-likeness (QED) is 0.762. The zero-order valence-corrected chi connectivity index (χ0v) is 15.3. The molecule has 26 heavy (non-hydrogen) atoms. The Balaban J connectivity index is 1.55. The Hall–Kier alpha value is -1.51. The lowest BCUT2D eigenvalue weighted by atomic mass is 10.1. The number of esters is 1. The number of benzene rings is 1. The molecular formula is C19H24O7. The zero-order valence-electron chi connectivity index (χ0n) is 15.3. The Morgan fingerprint density at radius 2 is 1.73 bits per heavy atom. The van der Waals surface area contributed by atoms with E-state index in [9.17, 15) is 4.79 Å². The summed E-state index contributed by atoms with van der Waals surface area (Å²) in [5, 5.41) is 0. The van der Waals surface area contributed by atoms with Gasteiger partial charge in [0, 0.05) is 0 Å². The van der Waals surface area contributed by atoms with Crippen LogP contribution in [0, 0.1) is 0 Å². The van der Waals surface area contributed by atoms with Gasteiger partial charge in [-0.05, 0) is 39.8 Å². The molecule has 7 nitrogen and oxygen atoms in total. The normalized spacial score (nSPS) is 37.5. The van der Waals surface area contributed by atoms with E-state index in [4.69, 9.17) is 28.4 Å². The largest absolute Gasteiger partial charge is 0.453 e. The molecule has 0 spiro atoms. The monoisotopic (exact) mass is 364 g/mol. The maximum absolute atomic E-state index is 12.6. The summed E-state index contributed by atoms with van der Waals surface area (Å²) in [6, 6.07) is 8.84. The van der Waals surface area contributed by atoms with Gasteiger partial charge in [0.15, 0.2) is 30.1 Å². The fourth-order valence-corrected chi connectivity index (χ4v) is 3.58. The van der Waals surface area contributed by atoms with E-state index >= 15 is 0 Å². The predicted molar refractivity (Wildman–Crippen MR) is 89.2 cm³/mol. The molecule has 142 valence electrons. The molecule has 0 N–H and O–H groups in total. The SMILES string of the molecule is CC1(C)OCC([C@H]2O[C@@H]3OC(C)(C)O[C@@H]3[C@H]2OC(=O)c2ccccc2)O1. The second-order valence-corrected chi connectivity index (χ2v) is 7.67. The van der Waals surface area contributed by atoms with E-state index in [0.717, 1.165) is 0 Å². The summed E-state index contributed by atoms with van der Waals surface area (Å²) < 4.78 is 35.1.